The molecule has 9 heteroatoms. The van der Waals surface area contributed by atoms with Crippen LogP contribution in [0.3, 0.4) is 0 Å². The molecule has 220 valence electrons. The van der Waals surface area contributed by atoms with Crippen LogP contribution in [0.15, 0.2) is 48.1 Å². The van der Waals surface area contributed by atoms with Crippen LogP contribution < -0.4 is 11.1 Å². The molecule has 0 rings (SSSR count). The van der Waals surface area contributed by atoms with Crippen molar-refractivity contribution in [2.24, 2.45) is 23.5 Å². The number of ketones is 1. The standard InChI is InChI=1S/C30H48N2O7/c1-20(14-22(3)15-23(4)17-28(35)36)12-10-8-7-9-11-13-21(2)16-26(33)18-27(34)19-32-29(37)24(5)25(6)39-30(31)38/h7-9,11,17,21-22,24-25,27,34H,1,10,12-16,18-19H2,2-6H3,(H2,31,38)(H,32,37)(H,35,36). The number of primary amides is 1. The van der Waals surface area contributed by atoms with Crippen molar-refractivity contribution < 1.29 is 34.1 Å². The molecule has 9 nitrogen and oxygen atoms in total. The van der Waals surface area contributed by atoms with Gasteiger partial charge in [0.05, 0.1) is 12.0 Å². The molecule has 0 spiro atoms. The summed E-state index contributed by atoms with van der Waals surface area (Å²) >= 11 is 0. The van der Waals surface area contributed by atoms with E-state index < -0.39 is 36.1 Å². The Morgan fingerprint density at radius 2 is 1.62 bits per heavy atom. The van der Waals surface area contributed by atoms with Crippen LogP contribution in [-0.2, 0) is 19.1 Å². The number of nitrogens with two attached hydrogens (primary N) is 1. The number of amides is 2. The number of carbonyl (C=O) groups excluding carboxylic acids is 3. The number of aliphatic carboxylic acids is 1. The van der Waals surface area contributed by atoms with E-state index in [4.69, 9.17) is 15.6 Å². The predicted molar refractivity (Wildman–Crippen MR) is 153 cm³/mol. The first-order valence-corrected chi connectivity index (χ1v) is 13.5. The van der Waals surface area contributed by atoms with Crippen LogP contribution in [0.2, 0.25) is 0 Å². The number of nitrogens with one attached hydrogen (secondary N) is 1. The summed E-state index contributed by atoms with van der Waals surface area (Å²) in [5, 5.41) is 21.5. The molecule has 0 saturated heterocycles. The molecule has 0 aromatic heterocycles. The number of ether oxygens (including phenoxy) is 1. The molecular weight excluding hydrogens is 500 g/mol. The number of aliphatic hydroxyl groups is 1. The van der Waals surface area contributed by atoms with E-state index in [0.29, 0.717) is 12.3 Å². The fraction of sp³-hybridized carbons (Fsp3) is 0.600. The van der Waals surface area contributed by atoms with Crippen LogP contribution in [0.25, 0.3) is 0 Å². The van der Waals surface area contributed by atoms with E-state index >= 15 is 0 Å². The fourth-order valence-electron chi connectivity index (χ4n) is 4.11. The van der Waals surface area contributed by atoms with E-state index in [9.17, 15) is 24.3 Å². The summed E-state index contributed by atoms with van der Waals surface area (Å²) in [5.41, 5.74) is 6.96. The van der Waals surface area contributed by atoms with Crippen molar-refractivity contribution in [3.05, 3.63) is 48.1 Å². The maximum atomic E-state index is 12.3. The first-order chi connectivity index (χ1) is 18.2. The zero-order valence-corrected chi connectivity index (χ0v) is 24.2. The van der Waals surface area contributed by atoms with E-state index in [0.717, 1.165) is 43.3 Å². The second kappa shape index (κ2) is 19.8. The van der Waals surface area contributed by atoms with E-state index in [1.165, 1.54) is 6.08 Å². The number of carboxylic acid groups (broad SMARTS) is 1. The van der Waals surface area contributed by atoms with Gasteiger partial charge in [-0.25, -0.2) is 9.59 Å². The van der Waals surface area contributed by atoms with Gasteiger partial charge >= 0.3 is 12.1 Å². The second-order valence-electron chi connectivity index (χ2n) is 10.6. The third kappa shape index (κ3) is 19.5. The molecule has 0 aromatic rings. The van der Waals surface area contributed by atoms with Crippen LogP contribution in [0.4, 0.5) is 4.79 Å². The molecule has 0 aliphatic carbocycles. The summed E-state index contributed by atoms with van der Waals surface area (Å²) in [6, 6.07) is 0. The third-order valence-corrected chi connectivity index (χ3v) is 6.23. The molecule has 0 radical (unpaired) electrons. The van der Waals surface area contributed by atoms with Gasteiger partial charge < -0.3 is 26.0 Å². The lowest BCUT2D eigenvalue weighted by Gasteiger charge is -2.20. The highest BCUT2D eigenvalue weighted by atomic mass is 16.6. The molecule has 0 aliphatic rings. The summed E-state index contributed by atoms with van der Waals surface area (Å²) in [5.74, 6) is -1.56. The number of aliphatic hydroxyl groups excluding tert-OH is 1. The van der Waals surface area contributed by atoms with E-state index in [2.05, 4.69) is 24.9 Å². The molecule has 5 unspecified atom stereocenters. The summed E-state index contributed by atoms with van der Waals surface area (Å²) < 4.78 is 4.78. The molecular formula is C30H48N2O7. The van der Waals surface area contributed by atoms with Gasteiger partial charge in [-0.15, -0.1) is 0 Å². The van der Waals surface area contributed by atoms with Gasteiger partial charge in [-0.3, -0.25) is 9.59 Å². The van der Waals surface area contributed by atoms with Crippen LogP contribution in [-0.4, -0.2) is 52.7 Å². The number of hydrogen-bond acceptors (Lipinski definition) is 6. The molecule has 0 saturated carbocycles. The SMILES string of the molecule is C=C(CCC=CC=CCC(C)CC(=O)CC(O)CNC(=O)C(C)C(C)OC(N)=O)CC(C)CC(C)=CC(=O)O. The highest BCUT2D eigenvalue weighted by molar-refractivity contribution is 5.81. The minimum absolute atomic E-state index is 0.0477. The number of allylic oxidation sites excluding steroid dienone is 6. The van der Waals surface area contributed by atoms with Crippen LogP contribution in [0, 0.1) is 17.8 Å². The fourth-order valence-corrected chi connectivity index (χ4v) is 4.11. The van der Waals surface area contributed by atoms with Gasteiger partial charge in [0.25, 0.3) is 0 Å². The van der Waals surface area contributed by atoms with Crippen LogP contribution in [0.5, 0.6) is 0 Å². The normalized spacial score (nSPS) is 15.9. The maximum Gasteiger partial charge on any atom is 0.404 e. The Labute approximate surface area is 233 Å². The molecule has 0 heterocycles. The number of Topliss-reactive ketones (excluding diaryl/α,β-unsaturated/α-hetero) is 1. The minimum Gasteiger partial charge on any atom is -0.478 e. The monoisotopic (exact) mass is 548 g/mol. The van der Waals surface area contributed by atoms with E-state index in [1.807, 2.05) is 32.1 Å². The van der Waals surface area contributed by atoms with E-state index in [-0.39, 0.29) is 24.7 Å². The Bertz CT molecular complexity index is 907. The second-order valence-corrected chi connectivity index (χ2v) is 10.6. The molecule has 2 amide bonds. The smallest absolute Gasteiger partial charge is 0.404 e. The average molecular weight is 549 g/mol. The zero-order valence-electron chi connectivity index (χ0n) is 24.2. The van der Waals surface area contributed by atoms with Crippen LogP contribution >= 0.6 is 0 Å². The maximum absolute atomic E-state index is 12.3. The number of carboxylic acids is 1. The largest absolute Gasteiger partial charge is 0.478 e. The number of rotatable bonds is 20. The Morgan fingerprint density at radius 3 is 2.23 bits per heavy atom. The predicted octanol–water partition coefficient (Wildman–Crippen LogP) is 4.85. The Kier molecular flexibility index (Phi) is 18.2. The van der Waals surface area contributed by atoms with Crippen LogP contribution in [0.1, 0.15) is 79.6 Å². The number of hydrogen-bond donors (Lipinski definition) is 4. The van der Waals surface area contributed by atoms with Crippen molar-refractivity contribution in [3.63, 3.8) is 0 Å². The van der Waals surface area contributed by atoms with Crippen molar-refractivity contribution in [1.29, 1.82) is 0 Å². The minimum atomic E-state index is -0.991. The Hall–Kier alpha value is -3.20. The van der Waals surface area contributed by atoms with Crippen molar-refractivity contribution in [2.75, 3.05) is 6.54 Å². The molecule has 0 fully saturated rings. The summed E-state index contributed by atoms with van der Waals surface area (Å²) in [6.07, 6.45) is 11.0. The van der Waals surface area contributed by atoms with Gasteiger partial charge in [0.15, 0.2) is 0 Å². The van der Waals surface area contributed by atoms with Crippen molar-refractivity contribution in [3.8, 4) is 0 Å². The van der Waals surface area contributed by atoms with Gasteiger partial charge in [0, 0.05) is 25.5 Å². The van der Waals surface area contributed by atoms with Gasteiger partial charge in [0.1, 0.15) is 11.9 Å². The molecule has 5 atom stereocenters. The van der Waals surface area contributed by atoms with Gasteiger partial charge in [-0.1, -0.05) is 62.8 Å². The zero-order chi connectivity index (χ0) is 30.0. The van der Waals surface area contributed by atoms with Crippen molar-refractivity contribution >= 4 is 23.8 Å². The molecule has 39 heavy (non-hydrogen) atoms. The first kappa shape index (κ1) is 35.8. The third-order valence-electron chi connectivity index (χ3n) is 6.23. The lowest BCUT2D eigenvalue weighted by atomic mass is 9.93. The van der Waals surface area contributed by atoms with Gasteiger partial charge in [-0.2, -0.15) is 0 Å². The Balaban J connectivity index is 4.18. The summed E-state index contributed by atoms with van der Waals surface area (Å²) in [7, 11) is 0. The molecule has 0 bridgehead atoms. The van der Waals surface area contributed by atoms with Crippen molar-refractivity contribution in [2.45, 2.75) is 91.8 Å². The topological polar surface area (TPSA) is 156 Å². The van der Waals surface area contributed by atoms with E-state index in [1.54, 1.807) is 13.8 Å². The molecule has 0 aliphatic heterocycles. The molecule has 0 aromatic carbocycles. The van der Waals surface area contributed by atoms with Gasteiger partial charge in [0.2, 0.25) is 5.91 Å². The quantitative estimate of drug-likeness (QED) is 0.0962. The first-order valence-electron chi connectivity index (χ1n) is 13.5. The lowest BCUT2D eigenvalue weighted by molar-refractivity contribution is -0.131. The number of carbonyl (C=O) groups is 4. The lowest BCUT2D eigenvalue weighted by Crippen LogP contribution is -2.41. The molecule has 5 N–H and O–H groups in total. The Morgan fingerprint density at radius 1 is 0.974 bits per heavy atom. The highest BCUT2D eigenvalue weighted by Gasteiger charge is 2.23. The average Bonchev–Trinajstić information content (AvgIpc) is 2.79. The van der Waals surface area contributed by atoms with Gasteiger partial charge in [-0.05, 0) is 57.8 Å². The highest BCUT2D eigenvalue weighted by Crippen LogP contribution is 2.21. The summed E-state index contributed by atoms with van der Waals surface area (Å²) in [4.78, 5) is 45.9. The summed E-state index contributed by atoms with van der Waals surface area (Å²) in [6.45, 7) is 13.1. The van der Waals surface area contributed by atoms with Crippen molar-refractivity contribution in [1.82, 2.24) is 5.32 Å².